The van der Waals surface area contributed by atoms with E-state index in [4.69, 9.17) is 4.84 Å². The SMILES string of the molecule is Cc1ccc(C(=NOCc2cscn2)c2nnnn2C)cc1C(F)(F)F. The maximum absolute atomic E-state index is 13.2. The highest BCUT2D eigenvalue weighted by molar-refractivity contribution is 7.07. The van der Waals surface area contributed by atoms with Crippen LogP contribution in [0.2, 0.25) is 0 Å². The smallest absolute Gasteiger partial charge is 0.389 e. The van der Waals surface area contributed by atoms with E-state index in [-0.39, 0.29) is 29.3 Å². The number of halogens is 3. The summed E-state index contributed by atoms with van der Waals surface area (Å²) in [5, 5.41) is 16.8. The molecule has 2 heterocycles. The summed E-state index contributed by atoms with van der Waals surface area (Å²) >= 11 is 1.40. The summed E-state index contributed by atoms with van der Waals surface area (Å²) in [6, 6.07) is 3.90. The van der Waals surface area contributed by atoms with E-state index in [0.29, 0.717) is 5.69 Å². The number of benzene rings is 1. The molecule has 0 aliphatic rings. The predicted molar refractivity (Wildman–Crippen MR) is 87.5 cm³/mol. The highest BCUT2D eigenvalue weighted by Crippen LogP contribution is 2.32. The van der Waals surface area contributed by atoms with E-state index >= 15 is 0 Å². The van der Waals surface area contributed by atoms with Gasteiger partial charge in [0, 0.05) is 18.0 Å². The molecule has 0 fully saturated rings. The minimum Gasteiger partial charge on any atom is -0.389 e. The normalized spacial score (nSPS) is 12.4. The van der Waals surface area contributed by atoms with Gasteiger partial charge in [-0.1, -0.05) is 17.3 Å². The predicted octanol–water partition coefficient (Wildman–Crippen LogP) is 2.96. The number of alkyl halides is 3. The Bertz CT molecular complexity index is 920. The standard InChI is InChI=1S/C15H13F3N6OS/c1-9-3-4-10(5-12(9)15(16,17)18)13(14-20-22-23-24(14)2)21-25-6-11-7-26-8-19-11/h3-5,7-8H,6H2,1-2H3. The van der Waals surface area contributed by atoms with Crippen LogP contribution >= 0.6 is 11.3 Å². The van der Waals surface area contributed by atoms with Crippen molar-refractivity contribution in [3.8, 4) is 0 Å². The zero-order valence-corrected chi connectivity index (χ0v) is 14.5. The third kappa shape index (κ3) is 3.87. The molecule has 1 aromatic carbocycles. The molecule has 0 saturated carbocycles. The molecule has 0 radical (unpaired) electrons. The van der Waals surface area contributed by atoms with E-state index in [2.05, 4.69) is 25.7 Å². The summed E-state index contributed by atoms with van der Waals surface area (Å²) in [5.74, 6) is 0.181. The summed E-state index contributed by atoms with van der Waals surface area (Å²) in [6.07, 6.45) is -4.48. The van der Waals surface area contributed by atoms with Crippen LogP contribution in [0.15, 0.2) is 34.2 Å². The van der Waals surface area contributed by atoms with Crippen LogP contribution in [-0.4, -0.2) is 30.9 Å². The van der Waals surface area contributed by atoms with Crippen LogP contribution in [0.5, 0.6) is 0 Å². The first kappa shape index (κ1) is 18.0. The second-order valence-corrected chi connectivity index (χ2v) is 6.07. The fourth-order valence-electron chi connectivity index (χ4n) is 2.20. The molecular weight excluding hydrogens is 369 g/mol. The summed E-state index contributed by atoms with van der Waals surface area (Å²) in [4.78, 5) is 9.33. The van der Waals surface area contributed by atoms with Gasteiger partial charge in [-0.05, 0) is 29.0 Å². The van der Waals surface area contributed by atoms with Gasteiger partial charge in [0.25, 0.3) is 0 Å². The van der Waals surface area contributed by atoms with Crippen LogP contribution in [0.1, 0.15) is 28.2 Å². The van der Waals surface area contributed by atoms with Gasteiger partial charge in [-0.25, -0.2) is 9.67 Å². The average Bonchev–Trinajstić information content (AvgIpc) is 3.23. The molecule has 0 aliphatic heterocycles. The summed E-state index contributed by atoms with van der Waals surface area (Å²) in [5.41, 5.74) is 1.95. The van der Waals surface area contributed by atoms with Crippen LogP contribution in [0, 0.1) is 6.92 Å². The molecule has 136 valence electrons. The fraction of sp³-hybridized carbons (Fsp3) is 0.267. The molecule has 3 aromatic rings. The van der Waals surface area contributed by atoms with Gasteiger partial charge in [-0.2, -0.15) is 13.2 Å². The van der Waals surface area contributed by atoms with Crippen molar-refractivity contribution in [2.24, 2.45) is 12.2 Å². The minimum absolute atomic E-state index is 0.0796. The number of aromatic nitrogens is 5. The van der Waals surface area contributed by atoms with Crippen molar-refractivity contribution >= 4 is 17.0 Å². The molecule has 0 amide bonds. The molecule has 0 aliphatic carbocycles. The zero-order valence-electron chi connectivity index (χ0n) is 13.7. The molecule has 0 unspecified atom stereocenters. The highest BCUT2D eigenvalue weighted by Gasteiger charge is 2.33. The third-order valence-electron chi connectivity index (χ3n) is 3.50. The first-order valence-corrected chi connectivity index (χ1v) is 8.28. The molecule has 2 aromatic heterocycles. The van der Waals surface area contributed by atoms with Gasteiger partial charge >= 0.3 is 6.18 Å². The van der Waals surface area contributed by atoms with Crippen LogP contribution in [-0.2, 0) is 24.7 Å². The van der Waals surface area contributed by atoms with Crippen LogP contribution in [0.25, 0.3) is 0 Å². The first-order valence-electron chi connectivity index (χ1n) is 7.34. The number of oxime groups is 1. The lowest BCUT2D eigenvalue weighted by molar-refractivity contribution is -0.138. The summed E-state index contributed by atoms with van der Waals surface area (Å²) in [6.45, 7) is 1.47. The molecule has 11 heteroatoms. The van der Waals surface area contributed by atoms with E-state index in [0.717, 1.165) is 6.07 Å². The Labute approximate surface area is 150 Å². The van der Waals surface area contributed by atoms with Gasteiger partial charge in [0.2, 0.25) is 5.82 Å². The van der Waals surface area contributed by atoms with Crippen molar-refractivity contribution in [1.29, 1.82) is 0 Å². The van der Waals surface area contributed by atoms with E-state index in [1.54, 1.807) is 17.9 Å². The highest BCUT2D eigenvalue weighted by atomic mass is 32.1. The largest absolute Gasteiger partial charge is 0.416 e. The lowest BCUT2D eigenvalue weighted by atomic mass is 10.0. The Morgan fingerprint density at radius 2 is 2.15 bits per heavy atom. The molecular formula is C15H13F3N6OS. The Kier molecular flexibility index (Phi) is 4.98. The second-order valence-electron chi connectivity index (χ2n) is 5.35. The van der Waals surface area contributed by atoms with Crippen molar-refractivity contribution < 1.29 is 18.0 Å². The van der Waals surface area contributed by atoms with E-state index in [1.807, 2.05) is 0 Å². The second kappa shape index (κ2) is 7.20. The van der Waals surface area contributed by atoms with Crippen molar-refractivity contribution in [3.05, 3.63) is 57.3 Å². The lowest BCUT2D eigenvalue weighted by Gasteiger charge is -2.12. The Hall–Kier alpha value is -2.82. The topological polar surface area (TPSA) is 78.1 Å². The number of nitrogens with zero attached hydrogens (tertiary/aromatic N) is 6. The van der Waals surface area contributed by atoms with Gasteiger partial charge in [0.05, 0.1) is 16.8 Å². The van der Waals surface area contributed by atoms with Crippen molar-refractivity contribution in [1.82, 2.24) is 25.2 Å². The maximum atomic E-state index is 13.2. The summed E-state index contributed by atoms with van der Waals surface area (Å²) < 4.78 is 41.0. The van der Waals surface area contributed by atoms with Gasteiger partial charge in [-0.15, -0.1) is 16.4 Å². The van der Waals surface area contributed by atoms with E-state index in [9.17, 15) is 13.2 Å². The van der Waals surface area contributed by atoms with Crippen LogP contribution in [0.3, 0.4) is 0 Å². The molecule has 3 rings (SSSR count). The molecule has 26 heavy (non-hydrogen) atoms. The first-order chi connectivity index (χ1) is 12.4. The molecule has 0 N–H and O–H groups in total. The van der Waals surface area contributed by atoms with Gasteiger partial charge < -0.3 is 4.84 Å². The van der Waals surface area contributed by atoms with Gasteiger partial charge in [-0.3, -0.25) is 0 Å². The minimum atomic E-state index is -4.48. The Morgan fingerprint density at radius 1 is 1.35 bits per heavy atom. The van der Waals surface area contributed by atoms with Gasteiger partial charge in [0.1, 0.15) is 0 Å². The van der Waals surface area contributed by atoms with Crippen LogP contribution in [0.4, 0.5) is 13.2 Å². The zero-order chi connectivity index (χ0) is 18.7. The Balaban J connectivity index is 2.00. The fourth-order valence-corrected chi connectivity index (χ4v) is 2.74. The van der Waals surface area contributed by atoms with E-state index < -0.39 is 11.7 Å². The molecule has 0 spiro atoms. The molecule has 0 saturated heterocycles. The molecule has 0 bridgehead atoms. The number of rotatable bonds is 5. The van der Waals surface area contributed by atoms with Crippen molar-refractivity contribution in [3.63, 3.8) is 0 Å². The van der Waals surface area contributed by atoms with E-state index in [1.165, 1.54) is 35.1 Å². The van der Waals surface area contributed by atoms with Crippen molar-refractivity contribution in [2.45, 2.75) is 19.7 Å². The average molecular weight is 382 g/mol. The number of hydrogen-bond acceptors (Lipinski definition) is 7. The lowest BCUT2D eigenvalue weighted by Crippen LogP contribution is -2.15. The molecule has 0 atom stereocenters. The summed E-state index contributed by atoms with van der Waals surface area (Å²) in [7, 11) is 1.56. The number of hydrogen-bond donors (Lipinski definition) is 0. The van der Waals surface area contributed by atoms with Crippen LogP contribution < -0.4 is 0 Å². The third-order valence-corrected chi connectivity index (χ3v) is 4.14. The number of thiazole rings is 1. The monoisotopic (exact) mass is 382 g/mol. The Morgan fingerprint density at radius 3 is 2.77 bits per heavy atom. The number of aryl methyl sites for hydroxylation is 2. The quantitative estimate of drug-likeness (QED) is 0.501. The van der Waals surface area contributed by atoms with Gasteiger partial charge in [0.15, 0.2) is 12.3 Å². The maximum Gasteiger partial charge on any atom is 0.416 e. The molecule has 7 nitrogen and oxygen atoms in total. The number of tetrazole rings is 1. The van der Waals surface area contributed by atoms with Crippen molar-refractivity contribution in [2.75, 3.05) is 0 Å².